The van der Waals surface area contributed by atoms with E-state index in [1.54, 1.807) is 12.1 Å². The van der Waals surface area contributed by atoms with Gasteiger partial charge in [0.25, 0.3) is 0 Å². The number of nitrogens with one attached hydrogen (secondary N) is 1. The van der Waals surface area contributed by atoms with E-state index >= 15 is 0 Å². The SMILES string of the molecule is CCCNC(Cc1ccc(I)cc1)c1c(F)cccc1Cl. The third kappa shape index (κ3) is 4.66. The van der Waals surface area contributed by atoms with Crippen LogP contribution in [0.4, 0.5) is 4.39 Å². The van der Waals surface area contributed by atoms with Crippen molar-refractivity contribution in [2.45, 2.75) is 25.8 Å². The van der Waals surface area contributed by atoms with Gasteiger partial charge in [0.15, 0.2) is 0 Å². The molecule has 4 heteroatoms. The topological polar surface area (TPSA) is 12.0 Å². The van der Waals surface area contributed by atoms with Crippen LogP contribution in [0.15, 0.2) is 42.5 Å². The fourth-order valence-electron chi connectivity index (χ4n) is 2.29. The lowest BCUT2D eigenvalue weighted by Gasteiger charge is -2.21. The van der Waals surface area contributed by atoms with Gasteiger partial charge in [-0.1, -0.05) is 36.7 Å². The molecule has 0 amide bonds. The molecule has 0 saturated carbocycles. The Morgan fingerprint density at radius 1 is 1.19 bits per heavy atom. The monoisotopic (exact) mass is 417 g/mol. The van der Waals surface area contributed by atoms with Gasteiger partial charge in [-0.05, 0) is 71.8 Å². The number of hydrogen-bond donors (Lipinski definition) is 1. The maximum Gasteiger partial charge on any atom is 0.129 e. The van der Waals surface area contributed by atoms with Crippen LogP contribution in [0.25, 0.3) is 0 Å². The number of rotatable bonds is 6. The molecule has 0 fully saturated rings. The molecule has 0 aliphatic rings. The number of halogens is 3. The van der Waals surface area contributed by atoms with Crippen LogP contribution in [0.3, 0.4) is 0 Å². The summed E-state index contributed by atoms with van der Waals surface area (Å²) < 4.78 is 15.4. The van der Waals surface area contributed by atoms with Gasteiger partial charge in [0.2, 0.25) is 0 Å². The molecule has 0 spiro atoms. The standard InChI is InChI=1S/C17H18ClFIN/c1-2-10-21-16(11-12-6-8-13(20)9-7-12)17-14(18)4-3-5-15(17)19/h3-9,16,21H,2,10-11H2,1H3. The third-order valence-electron chi connectivity index (χ3n) is 3.34. The third-order valence-corrected chi connectivity index (χ3v) is 4.39. The Labute approximate surface area is 144 Å². The summed E-state index contributed by atoms with van der Waals surface area (Å²) in [5, 5.41) is 3.88. The first kappa shape index (κ1) is 16.7. The summed E-state index contributed by atoms with van der Waals surface area (Å²) in [5.74, 6) is -0.249. The van der Waals surface area contributed by atoms with E-state index in [4.69, 9.17) is 11.6 Å². The van der Waals surface area contributed by atoms with Crippen LogP contribution in [-0.2, 0) is 6.42 Å². The Bertz CT molecular complexity index is 566. The molecule has 1 atom stereocenters. The first-order chi connectivity index (χ1) is 10.1. The molecule has 0 aliphatic heterocycles. The maximum absolute atomic E-state index is 14.2. The Morgan fingerprint density at radius 2 is 1.90 bits per heavy atom. The lowest BCUT2D eigenvalue weighted by molar-refractivity contribution is 0.497. The number of hydrogen-bond acceptors (Lipinski definition) is 1. The van der Waals surface area contributed by atoms with Crippen LogP contribution < -0.4 is 5.32 Å². The van der Waals surface area contributed by atoms with Gasteiger partial charge in [0, 0.05) is 20.2 Å². The fourth-order valence-corrected chi connectivity index (χ4v) is 2.95. The van der Waals surface area contributed by atoms with Crippen molar-refractivity contribution in [2.75, 3.05) is 6.54 Å². The van der Waals surface area contributed by atoms with Crippen LogP contribution in [0, 0.1) is 9.39 Å². The first-order valence-electron chi connectivity index (χ1n) is 7.03. The van der Waals surface area contributed by atoms with E-state index in [1.807, 2.05) is 0 Å². The minimum Gasteiger partial charge on any atom is -0.310 e. The normalized spacial score (nSPS) is 12.4. The molecule has 1 N–H and O–H groups in total. The van der Waals surface area contributed by atoms with E-state index in [9.17, 15) is 4.39 Å². The average Bonchev–Trinajstić information content (AvgIpc) is 2.46. The highest BCUT2D eigenvalue weighted by Gasteiger charge is 2.18. The predicted molar refractivity (Wildman–Crippen MR) is 95.3 cm³/mol. The maximum atomic E-state index is 14.2. The molecule has 1 nitrogen and oxygen atoms in total. The molecule has 2 aromatic carbocycles. The molecular weight excluding hydrogens is 400 g/mol. The van der Waals surface area contributed by atoms with Crippen molar-refractivity contribution in [3.63, 3.8) is 0 Å². The molecule has 0 heterocycles. The van der Waals surface area contributed by atoms with E-state index in [1.165, 1.54) is 15.2 Å². The van der Waals surface area contributed by atoms with Crippen molar-refractivity contribution in [3.05, 3.63) is 68.0 Å². The van der Waals surface area contributed by atoms with Gasteiger partial charge >= 0.3 is 0 Å². The van der Waals surface area contributed by atoms with Crippen LogP contribution in [-0.4, -0.2) is 6.54 Å². The molecular formula is C17H18ClFIN. The Balaban J connectivity index is 2.27. The summed E-state index contributed by atoms with van der Waals surface area (Å²) in [6.07, 6.45) is 1.72. The summed E-state index contributed by atoms with van der Waals surface area (Å²) in [5.41, 5.74) is 1.73. The summed E-state index contributed by atoms with van der Waals surface area (Å²) in [6, 6.07) is 13.0. The van der Waals surface area contributed by atoms with Crippen molar-refractivity contribution in [3.8, 4) is 0 Å². The van der Waals surface area contributed by atoms with Gasteiger partial charge in [-0.15, -0.1) is 0 Å². The predicted octanol–water partition coefficient (Wildman–Crippen LogP) is 5.37. The second kappa shape index (κ2) is 8.11. The highest BCUT2D eigenvalue weighted by atomic mass is 127. The Morgan fingerprint density at radius 3 is 2.52 bits per heavy atom. The smallest absolute Gasteiger partial charge is 0.129 e. The molecule has 0 bridgehead atoms. The summed E-state index contributed by atoms with van der Waals surface area (Å²) in [7, 11) is 0. The average molecular weight is 418 g/mol. The molecule has 2 rings (SSSR count). The van der Waals surface area contributed by atoms with Gasteiger partial charge in [-0.3, -0.25) is 0 Å². The Kier molecular flexibility index (Phi) is 6.45. The van der Waals surface area contributed by atoms with Gasteiger partial charge in [0.05, 0.1) is 0 Å². The first-order valence-corrected chi connectivity index (χ1v) is 8.49. The van der Waals surface area contributed by atoms with Crippen molar-refractivity contribution < 1.29 is 4.39 Å². The quantitative estimate of drug-likeness (QED) is 0.623. The van der Waals surface area contributed by atoms with E-state index in [0.29, 0.717) is 10.6 Å². The lowest BCUT2D eigenvalue weighted by Crippen LogP contribution is -2.25. The van der Waals surface area contributed by atoms with Crippen LogP contribution >= 0.6 is 34.2 Å². The van der Waals surface area contributed by atoms with Gasteiger partial charge in [-0.2, -0.15) is 0 Å². The van der Waals surface area contributed by atoms with Crippen molar-refractivity contribution in [1.82, 2.24) is 5.32 Å². The summed E-state index contributed by atoms with van der Waals surface area (Å²) >= 11 is 8.49. The second-order valence-corrected chi connectivity index (χ2v) is 6.63. The molecule has 21 heavy (non-hydrogen) atoms. The molecule has 1 unspecified atom stereocenters. The van der Waals surface area contributed by atoms with Gasteiger partial charge in [0.1, 0.15) is 5.82 Å². The molecule has 112 valence electrons. The lowest BCUT2D eigenvalue weighted by atomic mass is 9.98. The molecule has 2 aromatic rings. The van der Waals surface area contributed by atoms with E-state index in [-0.39, 0.29) is 11.9 Å². The molecule has 0 radical (unpaired) electrons. The number of benzene rings is 2. The minimum atomic E-state index is -0.249. The highest BCUT2D eigenvalue weighted by molar-refractivity contribution is 14.1. The van der Waals surface area contributed by atoms with Crippen molar-refractivity contribution in [2.24, 2.45) is 0 Å². The highest BCUT2D eigenvalue weighted by Crippen LogP contribution is 2.28. The minimum absolute atomic E-state index is 0.112. The van der Waals surface area contributed by atoms with E-state index in [2.05, 4.69) is 59.1 Å². The van der Waals surface area contributed by atoms with E-state index < -0.39 is 0 Å². The van der Waals surface area contributed by atoms with Gasteiger partial charge < -0.3 is 5.32 Å². The zero-order chi connectivity index (χ0) is 15.2. The molecule has 0 aromatic heterocycles. The van der Waals surface area contributed by atoms with Crippen molar-refractivity contribution >= 4 is 34.2 Å². The largest absolute Gasteiger partial charge is 0.310 e. The summed E-state index contributed by atoms with van der Waals surface area (Å²) in [4.78, 5) is 0. The summed E-state index contributed by atoms with van der Waals surface area (Å²) in [6.45, 7) is 2.93. The van der Waals surface area contributed by atoms with Crippen LogP contribution in [0.5, 0.6) is 0 Å². The fraction of sp³-hybridized carbons (Fsp3) is 0.294. The van der Waals surface area contributed by atoms with E-state index in [0.717, 1.165) is 19.4 Å². The van der Waals surface area contributed by atoms with Crippen LogP contribution in [0.1, 0.15) is 30.5 Å². The van der Waals surface area contributed by atoms with Crippen LogP contribution in [0.2, 0.25) is 5.02 Å². The second-order valence-electron chi connectivity index (χ2n) is 4.97. The molecule has 0 aliphatic carbocycles. The van der Waals surface area contributed by atoms with Gasteiger partial charge in [-0.25, -0.2) is 4.39 Å². The zero-order valence-corrected chi connectivity index (χ0v) is 14.8. The molecule has 0 saturated heterocycles. The van der Waals surface area contributed by atoms with Crippen molar-refractivity contribution in [1.29, 1.82) is 0 Å². The zero-order valence-electron chi connectivity index (χ0n) is 11.9. The Hall–Kier alpha value is -0.650.